The maximum atomic E-state index is 14.5. The van der Waals surface area contributed by atoms with Crippen LogP contribution in [0.2, 0.25) is 0 Å². The van der Waals surface area contributed by atoms with Crippen LogP contribution in [0.4, 0.5) is 23.4 Å². The normalized spacial score (nSPS) is 28.6. The third kappa shape index (κ3) is 5.28. The van der Waals surface area contributed by atoms with Gasteiger partial charge in [0.25, 0.3) is 0 Å². The number of fused-ring (bicyclic) bond motifs is 4. The van der Waals surface area contributed by atoms with E-state index < -0.39 is 36.2 Å². The Morgan fingerprint density at radius 3 is 2.69 bits per heavy atom. The fourth-order valence-electron chi connectivity index (χ4n) is 8.82. The first-order valence-corrected chi connectivity index (χ1v) is 16.9. The van der Waals surface area contributed by atoms with Gasteiger partial charge in [-0.2, -0.15) is 23.1 Å². The zero-order chi connectivity index (χ0) is 33.4. The third-order valence-electron chi connectivity index (χ3n) is 11.1. The number of halogens is 4. The molecule has 9 nitrogen and oxygen atoms in total. The Morgan fingerprint density at radius 2 is 1.85 bits per heavy atom. The number of carbonyl (C=O) groups is 2. The van der Waals surface area contributed by atoms with Gasteiger partial charge in [-0.25, -0.2) is 4.39 Å². The monoisotopic (exact) mass is 667 g/mol. The number of rotatable bonds is 7. The molecule has 2 aromatic heterocycles. The van der Waals surface area contributed by atoms with Gasteiger partial charge >= 0.3 is 12.2 Å². The number of Topliss-reactive ketones (excluding diaryl/α,β-unsaturated/α-hetero) is 2. The zero-order valence-electron chi connectivity index (χ0n) is 26.7. The Bertz CT molecular complexity index is 1800. The summed E-state index contributed by atoms with van der Waals surface area (Å²) in [4.78, 5) is 42.7. The van der Waals surface area contributed by atoms with Crippen molar-refractivity contribution in [3.8, 4) is 23.0 Å². The molecule has 1 unspecified atom stereocenters. The van der Waals surface area contributed by atoms with Gasteiger partial charge in [0.05, 0.1) is 16.8 Å². The van der Waals surface area contributed by atoms with Crippen LogP contribution >= 0.6 is 0 Å². The van der Waals surface area contributed by atoms with Crippen molar-refractivity contribution in [2.75, 3.05) is 44.3 Å². The summed E-state index contributed by atoms with van der Waals surface area (Å²) < 4.78 is 67.7. The van der Waals surface area contributed by atoms with Crippen molar-refractivity contribution in [1.82, 2.24) is 19.9 Å². The van der Waals surface area contributed by atoms with Gasteiger partial charge in [-0.1, -0.05) is 25.1 Å². The molecule has 48 heavy (non-hydrogen) atoms. The second kappa shape index (κ2) is 11.6. The fraction of sp³-hybridized carbons (Fsp3) is 0.571. The molecular weight excluding hydrogens is 630 g/mol. The molecule has 13 heteroatoms. The summed E-state index contributed by atoms with van der Waals surface area (Å²) in [5.74, 6) is -1.19. The SMILES string of the molecule is CC1CCCc2cccc(-c3ncc4c(N5CC[C@H]6C(=O)C(=O)[C@H]6C5)nc(OC[C@@]56CCCN5C[C@H](F)C6)nc4c3OCC(F)(F)F)c21. The smallest absolute Gasteiger partial charge is 0.422 e. The molecule has 0 N–H and O–H groups in total. The summed E-state index contributed by atoms with van der Waals surface area (Å²) >= 11 is 0. The lowest BCUT2D eigenvalue weighted by Crippen LogP contribution is -2.58. The van der Waals surface area contributed by atoms with E-state index >= 15 is 0 Å². The van der Waals surface area contributed by atoms with Crippen molar-refractivity contribution < 1.29 is 36.6 Å². The molecule has 5 atom stereocenters. The van der Waals surface area contributed by atoms with E-state index in [9.17, 15) is 27.2 Å². The maximum Gasteiger partial charge on any atom is 0.422 e. The molecule has 5 aliphatic rings. The molecule has 3 saturated heterocycles. The standard InChI is InChI=1S/C35H37F4N5O4/c1-19-5-2-6-20-7-3-8-23(26(19)20)27-31(47-18-35(37,38)39)28-24(14-40-27)32(43-12-9-22-25(16-43)30(46)29(22)45)42-33(41-28)48-17-34-10-4-11-44(34)15-21(36)13-34/h3,7-8,14,19,21-22,25H,2,4-6,9-13,15-18H2,1H3/t19?,21-,22-,25+,34+/m1/s1. The predicted octanol–water partition coefficient (Wildman–Crippen LogP) is 5.62. The Hall–Kier alpha value is -3.87. The Labute approximate surface area is 275 Å². The number of anilines is 1. The molecule has 5 heterocycles. The quantitative estimate of drug-likeness (QED) is 0.235. The number of aryl methyl sites for hydroxylation is 1. The number of hydrogen-bond acceptors (Lipinski definition) is 9. The van der Waals surface area contributed by atoms with Crippen LogP contribution in [0.25, 0.3) is 22.2 Å². The minimum absolute atomic E-state index is 0.0726. The number of nitrogens with zero attached hydrogens (tertiary/aromatic N) is 5. The lowest BCUT2D eigenvalue weighted by atomic mass is 9.67. The van der Waals surface area contributed by atoms with Crippen molar-refractivity contribution in [2.45, 2.75) is 75.7 Å². The summed E-state index contributed by atoms with van der Waals surface area (Å²) in [6.07, 6.45) is 1.21. The lowest BCUT2D eigenvalue weighted by molar-refractivity contribution is -0.153. The van der Waals surface area contributed by atoms with Crippen LogP contribution in [0.1, 0.15) is 62.5 Å². The second-order valence-corrected chi connectivity index (χ2v) is 14.1. The molecule has 4 fully saturated rings. The topological polar surface area (TPSA) is 97.8 Å². The first-order valence-electron chi connectivity index (χ1n) is 16.9. The summed E-state index contributed by atoms with van der Waals surface area (Å²) in [6.45, 7) is 2.40. The highest BCUT2D eigenvalue weighted by atomic mass is 19.4. The fourth-order valence-corrected chi connectivity index (χ4v) is 8.82. The average Bonchev–Trinajstić information content (AvgIpc) is 3.60. The van der Waals surface area contributed by atoms with Crippen LogP contribution in [0.5, 0.6) is 11.8 Å². The van der Waals surface area contributed by atoms with Gasteiger partial charge < -0.3 is 14.4 Å². The van der Waals surface area contributed by atoms with Crippen LogP contribution in [0.3, 0.4) is 0 Å². The third-order valence-corrected chi connectivity index (χ3v) is 11.1. The van der Waals surface area contributed by atoms with E-state index in [-0.39, 0.29) is 53.7 Å². The van der Waals surface area contributed by atoms with E-state index in [0.29, 0.717) is 42.7 Å². The van der Waals surface area contributed by atoms with E-state index in [4.69, 9.17) is 19.4 Å². The summed E-state index contributed by atoms with van der Waals surface area (Å²) in [5, 5.41) is 0.350. The number of ether oxygens (including phenoxy) is 2. The Kier molecular flexibility index (Phi) is 7.61. The number of ketones is 2. The molecule has 0 radical (unpaired) electrons. The molecule has 3 aromatic rings. The van der Waals surface area contributed by atoms with Gasteiger partial charge in [0.15, 0.2) is 12.4 Å². The van der Waals surface area contributed by atoms with E-state index in [2.05, 4.69) is 16.8 Å². The molecule has 254 valence electrons. The van der Waals surface area contributed by atoms with Gasteiger partial charge in [-0.05, 0) is 62.1 Å². The number of alkyl halides is 4. The number of aromatic nitrogens is 3. The molecule has 0 amide bonds. The summed E-state index contributed by atoms with van der Waals surface area (Å²) in [5.41, 5.74) is 2.72. The number of hydrogen-bond donors (Lipinski definition) is 0. The number of benzene rings is 1. The first kappa shape index (κ1) is 31.4. The number of pyridine rings is 1. The predicted molar refractivity (Wildman–Crippen MR) is 168 cm³/mol. The molecule has 8 rings (SSSR count). The molecule has 1 saturated carbocycles. The highest BCUT2D eigenvalue weighted by Crippen LogP contribution is 2.46. The van der Waals surface area contributed by atoms with Crippen molar-refractivity contribution in [3.63, 3.8) is 0 Å². The van der Waals surface area contributed by atoms with Crippen molar-refractivity contribution in [2.24, 2.45) is 11.8 Å². The largest absolute Gasteiger partial charge is 0.480 e. The zero-order valence-corrected chi connectivity index (χ0v) is 26.7. The van der Waals surface area contributed by atoms with Crippen LogP contribution in [-0.2, 0) is 16.0 Å². The van der Waals surface area contributed by atoms with Crippen molar-refractivity contribution in [1.29, 1.82) is 0 Å². The van der Waals surface area contributed by atoms with Crippen LogP contribution in [-0.4, -0.2) is 88.7 Å². The van der Waals surface area contributed by atoms with E-state index in [1.807, 2.05) is 23.1 Å². The van der Waals surface area contributed by atoms with Crippen LogP contribution in [0.15, 0.2) is 24.4 Å². The Balaban J connectivity index is 1.27. The van der Waals surface area contributed by atoms with E-state index in [0.717, 1.165) is 49.8 Å². The second-order valence-electron chi connectivity index (χ2n) is 14.1. The maximum absolute atomic E-state index is 14.5. The molecule has 1 aromatic carbocycles. The van der Waals surface area contributed by atoms with E-state index in [1.54, 1.807) is 6.20 Å². The van der Waals surface area contributed by atoms with Gasteiger partial charge in [0.1, 0.15) is 29.8 Å². The molecule has 2 aliphatic carbocycles. The number of carbonyl (C=O) groups excluding carboxylic acids is 2. The van der Waals surface area contributed by atoms with Crippen LogP contribution in [0, 0.1) is 11.8 Å². The Morgan fingerprint density at radius 1 is 1.02 bits per heavy atom. The van der Waals surface area contributed by atoms with Crippen molar-refractivity contribution >= 4 is 28.3 Å². The average molecular weight is 668 g/mol. The minimum Gasteiger partial charge on any atom is -0.480 e. The summed E-state index contributed by atoms with van der Waals surface area (Å²) in [7, 11) is 0. The minimum atomic E-state index is -4.63. The van der Waals surface area contributed by atoms with Gasteiger partial charge in [-0.15, -0.1) is 0 Å². The highest BCUT2D eigenvalue weighted by Gasteiger charge is 2.52. The molecular formula is C35H37F4N5O4. The summed E-state index contributed by atoms with van der Waals surface area (Å²) in [6, 6.07) is 5.72. The highest BCUT2D eigenvalue weighted by molar-refractivity contribution is 6.45. The van der Waals surface area contributed by atoms with Gasteiger partial charge in [-0.3, -0.25) is 19.5 Å². The molecule has 0 spiro atoms. The van der Waals surface area contributed by atoms with Gasteiger partial charge in [0.2, 0.25) is 11.6 Å². The molecule has 3 aliphatic heterocycles. The molecule has 0 bridgehead atoms. The number of piperidine rings is 1. The first-order chi connectivity index (χ1) is 23.0. The lowest BCUT2D eigenvalue weighted by Gasteiger charge is -2.43. The van der Waals surface area contributed by atoms with Crippen molar-refractivity contribution in [3.05, 3.63) is 35.5 Å². The van der Waals surface area contributed by atoms with Crippen LogP contribution < -0.4 is 14.4 Å². The van der Waals surface area contributed by atoms with Gasteiger partial charge in [0, 0.05) is 43.7 Å². The van der Waals surface area contributed by atoms with E-state index in [1.165, 1.54) is 0 Å².